The van der Waals surface area contributed by atoms with Crippen LogP contribution in [0.3, 0.4) is 0 Å². The molecule has 7 nitrogen and oxygen atoms in total. The second-order valence-electron chi connectivity index (χ2n) is 8.39. The smallest absolute Gasteiger partial charge is 0.168 e. The van der Waals surface area contributed by atoms with Gasteiger partial charge in [0, 0.05) is 62.5 Å². The maximum Gasteiger partial charge on any atom is 0.168 e. The second kappa shape index (κ2) is 9.85. The van der Waals surface area contributed by atoms with Crippen LogP contribution in [0.25, 0.3) is 0 Å². The van der Waals surface area contributed by atoms with E-state index in [9.17, 15) is 8.76 Å². The first kappa shape index (κ1) is 21.2. The van der Waals surface area contributed by atoms with E-state index >= 15 is 0 Å². The third-order valence-electron chi connectivity index (χ3n) is 6.58. The van der Waals surface area contributed by atoms with Gasteiger partial charge < -0.3 is 18.9 Å². The molecule has 0 radical (unpaired) electrons. The van der Waals surface area contributed by atoms with Crippen LogP contribution in [0.1, 0.15) is 37.7 Å². The minimum Gasteiger partial charge on any atom is -0.760 e. The normalized spacial score (nSPS) is 24.2. The fourth-order valence-electron chi connectivity index (χ4n) is 4.79. The third kappa shape index (κ3) is 5.77. The minimum atomic E-state index is -2.22. The molecule has 0 aromatic heterocycles. The quantitative estimate of drug-likeness (QED) is 0.678. The van der Waals surface area contributed by atoms with Crippen molar-refractivity contribution in [1.29, 1.82) is 0 Å². The van der Waals surface area contributed by atoms with Crippen LogP contribution in [-0.4, -0.2) is 65.4 Å². The van der Waals surface area contributed by atoms with E-state index in [-0.39, 0.29) is 5.79 Å². The standard InChI is InChI=1S/C21H33N3O4S/c25-29(26)22-17-19-2-1-3-20(16-19)24-12-10-23(11-13-24)9-6-18-4-7-21(8-5-18)27-14-15-28-21/h1-3,16,18,22H,4-15,17H2,(H,25,26)/p-1. The molecule has 1 aliphatic carbocycles. The SMILES string of the molecule is O=S([O-])NCc1cccc(N2CCN(CCC3CCC4(CC3)OCCO4)CC2)c1. The Kier molecular flexibility index (Phi) is 7.21. The first-order valence-corrected chi connectivity index (χ1v) is 11.9. The molecular formula is C21H32N3O4S-. The predicted molar refractivity (Wildman–Crippen MR) is 112 cm³/mol. The fourth-order valence-corrected chi connectivity index (χ4v) is 5.08. The molecule has 1 spiro atoms. The van der Waals surface area contributed by atoms with E-state index < -0.39 is 11.3 Å². The molecule has 162 valence electrons. The van der Waals surface area contributed by atoms with Crippen molar-refractivity contribution in [3.8, 4) is 0 Å². The summed E-state index contributed by atoms with van der Waals surface area (Å²) in [5.74, 6) is 0.553. The summed E-state index contributed by atoms with van der Waals surface area (Å²) in [7, 11) is 0. The highest BCUT2D eigenvalue weighted by molar-refractivity contribution is 7.77. The van der Waals surface area contributed by atoms with Gasteiger partial charge in [0.15, 0.2) is 5.79 Å². The molecule has 4 rings (SSSR count). The van der Waals surface area contributed by atoms with Gasteiger partial charge in [0.05, 0.1) is 13.2 Å². The van der Waals surface area contributed by atoms with Crippen LogP contribution in [0.2, 0.25) is 0 Å². The van der Waals surface area contributed by atoms with Crippen molar-refractivity contribution in [1.82, 2.24) is 9.62 Å². The summed E-state index contributed by atoms with van der Waals surface area (Å²) in [6, 6.07) is 8.15. The Balaban J connectivity index is 1.18. The van der Waals surface area contributed by atoms with E-state index in [0.29, 0.717) is 6.54 Å². The topological polar surface area (TPSA) is 77.1 Å². The highest BCUT2D eigenvalue weighted by Crippen LogP contribution is 2.39. The molecule has 1 atom stereocenters. The zero-order valence-electron chi connectivity index (χ0n) is 17.0. The summed E-state index contributed by atoms with van der Waals surface area (Å²) in [6.45, 7) is 7.21. The van der Waals surface area contributed by atoms with Gasteiger partial charge in [-0.3, -0.25) is 9.11 Å². The van der Waals surface area contributed by atoms with Crippen LogP contribution in [0.15, 0.2) is 24.3 Å². The lowest BCUT2D eigenvalue weighted by Crippen LogP contribution is -2.47. The van der Waals surface area contributed by atoms with Gasteiger partial charge in [-0.1, -0.05) is 12.1 Å². The summed E-state index contributed by atoms with van der Waals surface area (Å²) in [5.41, 5.74) is 2.16. The van der Waals surface area contributed by atoms with Crippen molar-refractivity contribution in [2.75, 3.05) is 50.8 Å². The summed E-state index contributed by atoms with van der Waals surface area (Å²) in [4.78, 5) is 4.97. The van der Waals surface area contributed by atoms with E-state index in [1.54, 1.807) is 0 Å². The molecule has 1 aromatic rings. The van der Waals surface area contributed by atoms with Gasteiger partial charge in [0.1, 0.15) is 0 Å². The Labute approximate surface area is 176 Å². The number of rotatable bonds is 7. The molecule has 2 aliphatic heterocycles. The maximum absolute atomic E-state index is 10.7. The molecule has 3 aliphatic rings. The van der Waals surface area contributed by atoms with E-state index in [1.807, 2.05) is 12.1 Å². The fraction of sp³-hybridized carbons (Fsp3) is 0.714. The Morgan fingerprint density at radius 3 is 2.55 bits per heavy atom. The largest absolute Gasteiger partial charge is 0.760 e. The lowest BCUT2D eigenvalue weighted by atomic mass is 9.83. The zero-order chi connectivity index (χ0) is 20.1. The van der Waals surface area contributed by atoms with Crippen molar-refractivity contribution < 1.29 is 18.2 Å². The number of hydrogen-bond acceptors (Lipinski definition) is 6. The van der Waals surface area contributed by atoms with Gasteiger partial charge in [-0.05, 0) is 49.4 Å². The molecular weight excluding hydrogens is 390 g/mol. The van der Waals surface area contributed by atoms with Crippen molar-refractivity contribution in [2.45, 2.75) is 44.4 Å². The highest BCUT2D eigenvalue weighted by atomic mass is 32.2. The van der Waals surface area contributed by atoms with Gasteiger partial charge >= 0.3 is 0 Å². The predicted octanol–water partition coefficient (Wildman–Crippen LogP) is 2.02. The van der Waals surface area contributed by atoms with E-state index in [2.05, 4.69) is 26.7 Å². The molecule has 3 fully saturated rings. The van der Waals surface area contributed by atoms with Crippen molar-refractivity contribution in [2.24, 2.45) is 5.92 Å². The van der Waals surface area contributed by atoms with Crippen LogP contribution in [-0.2, 0) is 27.3 Å². The Hall–Kier alpha value is -1.03. The van der Waals surface area contributed by atoms with Gasteiger partial charge in [-0.15, -0.1) is 0 Å². The number of ether oxygens (including phenoxy) is 2. The molecule has 1 unspecified atom stereocenters. The van der Waals surface area contributed by atoms with Gasteiger partial charge in [0.2, 0.25) is 0 Å². The Morgan fingerprint density at radius 2 is 1.86 bits per heavy atom. The Morgan fingerprint density at radius 1 is 1.14 bits per heavy atom. The third-order valence-corrected chi connectivity index (χ3v) is 6.96. The van der Waals surface area contributed by atoms with E-state index in [4.69, 9.17) is 9.47 Å². The molecule has 8 heteroatoms. The van der Waals surface area contributed by atoms with Gasteiger partial charge in [-0.2, -0.15) is 0 Å². The summed E-state index contributed by atoms with van der Waals surface area (Å²) in [5, 5.41) is 0. The number of hydrogen-bond donors (Lipinski definition) is 1. The monoisotopic (exact) mass is 422 g/mol. The van der Waals surface area contributed by atoms with Crippen LogP contribution >= 0.6 is 0 Å². The number of benzene rings is 1. The van der Waals surface area contributed by atoms with E-state index in [1.165, 1.54) is 31.5 Å². The lowest BCUT2D eigenvalue weighted by Gasteiger charge is -2.38. The zero-order valence-corrected chi connectivity index (χ0v) is 17.8. The van der Waals surface area contributed by atoms with Crippen molar-refractivity contribution in [3.63, 3.8) is 0 Å². The molecule has 1 saturated carbocycles. The summed E-state index contributed by atoms with van der Waals surface area (Å²) < 4.78 is 35.5. The first-order valence-electron chi connectivity index (χ1n) is 10.8. The summed E-state index contributed by atoms with van der Waals surface area (Å²) in [6.07, 6.45) is 5.81. The average Bonchev–Trinajstić information content (AvgIpc) is 3.20. The molecule has 0 amide bonds. The van der Waals surface area contributed by atoms with Gasteiger partial charge in [-0.25, -0.2) is 4.72 Å². The highest BCUT2D eigenvalue weighted by Gasteiger charge is 2.40. The minimum absolute atomic E-state index is 0.241. The number of nitrogens with one attached hydrogen (secondary N) is 1. The molecule has 1 N–H and O–H groups in total. The van der Waals surface area contributed by atoms with Crippen molar-refractivity contribution in [3.05, 3.63) is 29.8 Å². The van der Waals surface area contributed by atoms with Gasteiger partial charge in [0.25, 0.3) is 0 Å². The molecule has 1 aromatic carbocycles. The molecule has 29 heavy (non-hydrogen) atoms. The molecule has 2 saturated heterocycles. The lowest BCUT2D eigenvalue weighted by molar-refractivity contribution is -0.182. The number of nitrogens with zero attached hydrogens (tertiary/aromatic N) is 2. The van der Waals surface area contributed by atoms with Crippen LogP contribution < -0.4 is 9.62 Å². The van der Waals surface area contributed by atoms with E-state index in [0.717, 1.165) is 63.7 Å². The van der Waals surface area contributed by atoms with Crippen LogP contribution in [0.4, 0.5) is 5.69 Å². The van der Waals surface area contributed by atoms with Crippen LogP contribution in [0.5, 0.6) is 0 Å². The molecule has 2 heterocycles. The van der Waals surface area contributed by atoms with Crippen LogP contribution in [0, 0.1) is 5.92 Å². The number of anilines is 1. The summed E-state index contributed by atoms with van der Waals surface area (Å²) >= 11 is -2.22. The number of piperazine rings is 1. The van der Waals surface area contributed by atoms with Crippen molar-refractivity contribution >= 4 is 17.0 Å². The molecule has 0 bridgehead atoms. The Bertz CT molecular complexity index is 680. The average molecular weight is 423 g/mol. The second-order valence-corrected chi connectivity index (χ2v) is 9.15. The maximum atomic E-state index is 10.7. The first-order chi connectivity index (χ1) is 14.1.